The molecule has 1 saturated heterocycles. The maximum absolute atomic E-state index is 13.6. The van der Waals surface area contributed by atoms with Crippen LogP contribution in [-0.4, -0.2) is 23.5 Å². The van der Waals surface area contributed by atoms with Gasteiger partial charge in [-0.25, -0.2) is 8.78 Å². The number of carbonyl (C=O) groups excluding carboxylic acids is 1. The zero-order valence-electron chi connectivity index (χ0n) is 8.99. The Kier molecular flexibility index (Phi) is 3.21. The van der Waals surface area contributed by atoms with E-state index in [1.807, 2.05) is 0 Å². The van der Waals surface area contributed by atoms with Crippen LogP contribution in [0.3, 0.4) is 0 Å². The highest BCUT2D eigenvalue weighted by Crippen LogP contribution is 2.31. The molecule has 1 heterocycles. The SMILES string of the molecule is O=C(O)C1CC(=O)N(c2c(F)cc(Cl)cc2F)C1. The number of carboxylic acid groups (broad SMARTS) is 1. The Morgan fingerprint density at radius 3 is 2.39 bits per heavy atom. The maximum atomic E-state index is 13.6. The Morgan fingerprint density at radius 1 is 1.39 bits per heavy atom. The lowest BCUT2D eigenvalue weighted by Gasteiger charge is -2.17. The summed E-state index contributed by atoms with van der Waals surface area (Å²) in [5.41, 5.74) is -0.548. The fourth-order valence-electron chi connectivity index (χ4n) is 1.88. The van der Waals surface area contributed by atoms with E-state index in [1.165, 1.54) is 0 Å². The summed E-state index contributed by atoms with van der Waals surface area (Å²) in [4.78, 5) is 23.1. The number of hydrogen-bond donors (Lipinski definition) is 1. The molecule has 0 radical (unpaired) electrons. The molecule has 7 heteroatoms. The van der Waals surface area contributed by atoms with E-state index in [1.54, 1.807) is 0 Å². The van der Waals surface area contributed by atoms with Crippen molar-refractivity contribution in [3.63, 3.8) is 0 Å². The van der Waals surface area contributed by atoms with Crippen molar-refractivity contribution in [2.45, 2.75) is 6.42 Å². The van der Waals surface area contributed by atoms with Crippen molar-refractivity contribution in [1.29, 1.82) is 0 Å². The van der Waals surface area contributed by atoms with E-state index in [-0.39, 0.29) is 18.0 Å². The number of anilines is 1. The topological polar surface area (TPSA) is 57.6 Å². The van der Waals surface area contributed by atoms with Gasteiger partial charge in [0.25, 0.3) is 0 Å². The van der Waals surface area contributed by atoms with E-state index in [4.69, 9.17) is 16.7 Å². The van der Waals surface area contributed by atoms with E-state index < -0.39 is 35.1 Å². The summed E-state index contributed by atoms with van der Waals surface area (Å²) in [6, 6.07) is 1.75. The Labute approximate surface area is 106 Å². The van der Waals surface area contributed by atoms with Crippen molar-refractivity contribution >= 4 is 29.2 Å². The number of carboxylic acids is 1. The molecule has 0 saturated carbocycles. The minimum Gasteiger partial charge on any atom is -0.481 e. The van der Waals surface area contributed by atoms with Gasteiger partial charge in [-0.15, -0.1) is 0 Å². The number of nitrogens with zero attached hydrogens (tertiary/aromatic N) is 1. The zero-order chi connectivity index (χ0) is 13.4. The van der Waals surface area contributed by atoms with Gasteiger partial charge in [-0.2, -0.15) is 0 Å². The highest BCUT2D eigenvalue weighted by atomic mass is 35.5. The van der Waals surface area contributed by atoms with E-state index >= 15 is 0 Å². The summed E-state index contributed by atoms with van der Waals surface area (Å²) in [5, 5.41) is 8.66. The fourth-order valence-corrected chi connectivity index (χ4v) is 2.07. The van der Waals surface area contributed by atoms with Crippen LogP contribution in [0.5, 0.6) is 0 Å². The number of amides is 1. The van der Waals surface area contributed by atoms with Crippen LogP contribution in [0.25, 0.3) is 0 Å². The third-order valence-corrected chi connectivity index (χ3v) is 2.94. The van der Waals surface area contributed by atoms with Crippen LogP contribution in [-0.2, 0) is 9.59 Å². The normalized spacial score (nSPS) is 19.4. The van der Waals surface area contributed by atoms with Crippen molar-refractivity contribution < 1.29 is 23.5 Å². The molecule has 1 aliphatic heterocycles. The molecule has 0 aliphatic carbocycles. The first kappa shape index (κ1) is 12.8. The fraction of sp³-hybridized carbons (Fsp3) is 0.273. The third-order valence-electron chi connectivity index (χ3n) is 2.73. The molecule has 1 N–H and O–H groups in total. The molecule has 4 nitrogen and oxygen atoms in total. The van der Waals surface area contributed by atoms with Crippen LogP contribution in [0.15, 0.2) is 12.1 Å². The smallest absolute Gasteiger partial charge is 0.308 e. The molecule has 1 amide bonds. The van der Waals surface area contributed by atoms with E-state index in [9.17, 15) is 18.4 Å². The summed E-state index contributed by atoms with van der Waals surface area (Å²) in [7, 11) is 0. The molecular formula is C11H8ClF2NO3. The summed E-state index contributed by atoms with van der Waals surface area (Å²) >= 11 is 5.47. The van der Waals surface area contributed by atoms with Crippen LogP contribution in [0.1, 0.15) is 6.42 Å². The Bertz CT molecular complexity index is 512. The molecule has 96 valence electrons. The average Bonchev–Trinajstić information content (AvgIpc) is 2.59. The first-order valence-electron chi connectivity index (χ1n) is 5.08. The van der Waals surface area contributed by atoms with Gasteiger partial charge >= 0.3 is 5.97 Å². The van der Waals surface area contributed by atoms with Gasteiger partial charge < -0.3 is 10.0 Å². The predicted molar refractivity (Wildman–Crippen MR) is 59.5 cm³/mol. The van der Waals surface area contributed by atoms with Crippen LogP contribution in [0.2, 0.25) is 5.02 Å². The number of hydrogen-bond acceptors (Lipinski definition) is 2. The third kappa shape index (κ3) is 2.15. The highest BCUT2D eigenvalue weighted by Gasteiger charge is 2.37. The number of benzene rings is 1. The Morgan fingerprint density at radius 2 is 1.94 bits per heavy atom. The molecule has 18 heavy (non-hydrogen) atoms. The lowest BCUT2D eigenvalue weighted by Crippen LogP contribution is -2.27. The summed E-state index contributed by atoms with van der Waals surface area (Å²) in [6.45, 7) is -0.246. The lowest BCUT2D eigenvalue weighted by atomic mass is 10.1. The van der Waals surface area contributed by atoms with Gasteiger partial charge in [-0.3, -0.25) is 9.59 Å². The highest BCUT2D eigenvalue weighted by molar-refractivity contribution is 6.30. The largest absolute Gasteiger partial charge is 0.481 e. The van der Waals surface area contributed by atoms with Crippen LogP contribution in [0.4, 0.5) is 14.5 Å². The van der Waals surface area contributed by atoms with E-state index in [0.717, 1.165) is 17.0 Å². The minimum atomic E-state index is -1.17. The van der Waals surface area contributed by atoms with E-state index in [2.05, 4.69) is 0 Å². The van der Waals surface area contributed by atoms with Gasteiger partial charge in [0, 0.05) is 18.0 Å². The number of aliphatic carboxylic acids is 1. The molecule has 1 unspecified atom stereocenters. The van der Waals surface area contributed by atoms with Gasteiger partial charge in [-0.1, -0.05) is 11.6 Å². The predicted octanol–water partition coefficient (Wildman–Crippen LogP) is 2.06. The molecule has 0 bridgehead atoms. The van der Waals surface area contributed by atoms with Crippen LogP contribution in [0, 0.1) is 17.6 Å². The lowest BCUT2D eigenvalue weighted by molar-refractivity contribution is -0.141. The summed E-state index contributed by atoms with van der Waals surface area (Å²) < 4.78 is 27.2. The van der Waals surface area contributed by atoms with Crippen molar-refractivity contribution in [2.24, 2.45) is 5.92 Å². The van der Waals surface area contributed by atoms with Gasteiger partial charge in [0.15, 0.2) is 11.6 Å². The Hall–Kier alpha value is -1.69. The van der Waals surface area contributed by atoms with Gasteiger partial charge in [0.05, 0.1) is 5.92 Å². The first-order valence-corrected chi connectivity index (χ1v) is 5.45. The molecule has 1 aliphatic rings. The molecular weight excluding hydrogens is 268 g/mol. The van der Waals surface area contributed by atoms with Crippen LogP contribution >= 0.6 is 11.6 Å². The second kappa shape index (κ2) is 4.53. The Balaban J connectivity index is 2.39. The maximum Gasteiger partial charge on any atom is 0.308 e. The second-order valence-electron chi connectivity index (χ2n) is 3.96. The first-order chi connectivity index (χ1) is 8.40. The molecule has 0 spiro atoms. The quantitative estimate of drug-likeness (QED) is 0.899. The van der Waals surface area contributed by atoms with E-state index in [0.29, 0.717) is 0 Å². The monoisotopic (exact) mass is 275 g/mol. The molecule has 1 aromatic rings. The summed E-state index contributed by atoms with van der Waals surface area (Å²) in [5.74, 6) is -4.71. The van der Waals surface area contributed by atoms with Gasteiger partial charge in [-0.05, 0) is 12.1 Å². The minimum absolute atomic E-state index is 0.129. The van der Waals surface area contributed by atoms with Crippen molar-refractivity contribution in [3.8, 4) is 0 Å². The zero-order valence-corrected chi connectivity index (χ0v) is 9.75. The van der Waals surface area contributed by atoms with Crippen molar-refractivity contribution in [1.82, 2.24) is 0 Å². The van der Waals surface area contributed by atoms with Crippen molar-refractivity contribution in [3.05, 3.63) is 28.8 Å². The molecule has 1 aromatic carbocycles. The average molecular weight is 276 g/mol. The molecule has 1 atom stereocenters. The summed E-state index contributed by atoms with van der Waals surface area (Å²) in [6.07, 6.45) is -0.267. The second-order valence-corrected chi connectivity index (χ2v) is 4.40. The number of halogens is 3. The molecule has 1 fully saturated rings. The molecule has 2 rings (SSSR count). The van der Waals surface area contributed by atoms with Crippen LogP contribution < -0.4 is 4.90 Å². The van der Waals surface area contributed by atoms with Gasteiger partial charge in [0.2, 0.25) is 5.91 Å². The molecule has 0 aromatic heterocycles. The number of rotatable bonds is 2. The van der Waals surface area contributed by atoms with Crippen molar-refractivity contribution in [2.75, 3.05) is 11.4 Å². The standard InChI is InChI=1S/C11H8ClF2NO3/c12-6-2-7(13)10(8(14)3-6)15-4-5(11(17)18)1-9(15)16/h2-3,5H,1,4H2,(H,17,18). The number of carbonyl (C=O) groups is 2. The van der Waals surface area contributed by atoms with Gasteiger partial charge in [0.1, 0.15) is 5.69 Å².